The number of fused-ring (bicyclic) bond motifs is 1. The quantitative estimate of drug-likeness (QED) is 0.609. The van der Waals surface area contributed by atoms with Gasteiger partial charge in [0.05, 0.1) is 0 Å². The molecule has 0 aromatic rings. The molecule has 13 heavy (non-hydrogen) atoms. The Hall–Kier alpha value is -0.530. The van der Waals surface area contributed by atoms with Crippen molar-refractivity contribution in [1.29, 1.82) is 0 Å². The molecule has 0 bridgehead atoms. The molecule has 1 aliphatic heterocycles. The maximum absolute atomic E-state index is 11.7. The number of hydrogen-bond acceptors (Lipinski definition) is 1. The smallest absolute Gasteiger partial charge is 0.225 e. The maximum Gasteiger partial charge on any atom is 0.225 e. The molecule has 2 atom stereocenters. The van der Waals surface area contributed by atoms with Gasteiger partial charge >= 0.3 is 0 Å². The van der Waals surface area contributed by atoms with E-state index in [4.69, 9.17) is 0 Å². The number of carbonyl (C=O) groups is 1. The van der Waals surface area contributed by atoms with Gasteiger partial charge in [0.2, 0.25) is 5.91 Å². The fourth-order valence-corrected chi connectivity index (χ4v) is 2.75. The van der Waals surface area contributed by atoms with Crippen LogP contribution in [-0.4, -0.2) is 11.9 Å². The van der Waals surface area contributed by atoms with Crippen LogP contribution in [0, 0.1) is 11.3 Å². The lowest BCUT2D eigenvalue weighted by Gasteiger charge is -2.43. The number of hydrogen-bond donors (Lipinski definition) is 1. The van der Waals surface area contributed by atoms with Gasteiger partial charge < -0.3 is 5.32 Å². The third-order valence-electron chi connectivity index (χ3n) is 3.61. The lowest BCUT2D eigenvalue weighted by atomic mass is 9.70. The first-order chi connectivity index (χ1) is 6.09. The second-order valence-electron chi connectivity index (χ2n) is 5.21. The summed E-state index contributed by atoms with van der Waals surface area (Å²) in [6.45, 7) is 4.13. The molecule has 1 saturated heterocycles. The van der Waals surface area contributed by atoms with Gasteiger partial charge in [-0.1, -0.05) is 26.7 Å². The molecule has 0 aromatic heterocycles. The molecule has 0 unspecified atom stereocenters. The third-order valence-corrected chi connectivity index (χ3v) is 3.61. The van der Waals surface area contributed by atoms with Crippen LogP contribution in [0.25, 0.3) is 0 Å². The number of nitrogens with one attached hydrogen (secondary N) is 1. The lowest BCUT2D eigenvalue weighted by Crippen LogP contribution is -2.54. The van der Waals surface area contributed by atoms with Crippen molar-refractivity contribution >= 4 is 5.91 Å². The highest BCUT2D eigenvalue weighted by atomic mass is 16.2. The average molecular weight is 181 g/mol. The number of rotatable bonds is 0. The molecule has 2 fully saturated rings. The van der Waals surface area contributed by atoms with Crippen molar-refractivity contribution in [3.63, 3.8) is 0 Å². The normalized spacial score (nSPS) is 37.8. The summed E-state index contributed by atoms with van der Waals surface area (Å²) in [5.74, 6) is 1.01. The molecule has 1 aliphatic carbocycles. The lowest BCUT2D eigenvalue weighted by molar-refractivity contribution is -0.135. The highest BCUT2D eigenvalue weighted by molar-refractivity contribution is 5.83. The van der Waals surface area contributed by atoms with Crippen LogP contribution in [-0.2, 0) is 4.79 Å². The molecule has 0 aromatic carbocycles. The fraction of sp³-hybridized carbons (Fsp3) is 0.909. The van der Waals surface area contributed by atoms with E-state index in [1.165, 1.54) is 25.7 Å². The van der Waals surface area contributed by atoms with Crippen molar-refractivity contribution < 1.29 is 4.79 Å². The second-order valence-corrected chi connectivity index (χ2v) is 5.21. The van der Waals surface area contributed by atoms with Gasteiger partial charge in [0.25, 0.3) is 0 Å². The summed E-state index contributed by atoms with van der Waals surface area (Å²) in [4.78, 5) is 11.7. The summed E-state index contributed by atoms with van der Waals surface area (Å²) in [6, 6.07) is 0.495. The molecule has 0 radical (unpaired) electrons. The summed E-state index contributed by atoms with van der Waals surface area (Å²) in [5.41, 5.74) is -0.126. The van der Waals surface area contributed by atoms with Gasteiger partial charge in [0, 0.05) is 11.5 Å². The van der Waals surface area contributed by atoms with E-state index >= 15 is 0 Å². The summed E-state index contributed by atoms with van der Waals surface area (Å²) in [5, 5.41) is 3.17. The highest BCUT2D eigenvalue weighted by Gasteiger charge is 2.41. The van der Waals surface area contributed by atoms with E-state index < -0.39 is 0 Å². The van der Waals surface area contributed by atoms with E-state index in [1.807, 2.05) is 0 Å². The summed E-state index contributed by atoms with van der Waals surface area (Å²) < 4.78 is 0. The molecule has 1 saturated carbocycles. The van der Waals surface area contributed by atoms with Crippen LogP contribution in [0.1, 0.15) is 46.0 Å². The Balaban J connectivity index is 2.10. The molecular weight excluding hydrogens is 162 g/mol. The molecule has 1 amide bonds. The molecule has 1 N–H and O–H groups in total. The average Bonchev–Trinajstić information content (AvgIpc) is 2.06. The SMILES string of the molecule is CC1(C)C[C@H]2CCCC[C@@H]2NC1=O. The minimum atomic E-state index is -0.126. The standard InChI is InChI=1S/C11H19NO/c1-11(2)7-8-5-3-4-6-9(8)12-10(11)13/h8-9H,3-7H2,1-2H3,(H,12,13)/t8-,9+/m1/s1. The number of piperidine rings is 1. The first-order valence-corrected chi connectivity index (χ1v) is 5.40. The molecular formula is C11H19NO. The van der Waals surface area contributed by atoms with E-state index in [0.717, 1.165) is 12.3 Å². The number of carbonyl (C=O) groups excluding carboxylic acids is 1. The minimum Gasteiger partial charge on any atom is -0.353 e. The first kappa shape index (κ1) is 9.04. The summed E-state index contributed by atoms with van der Waals surface area (Å²) >= 11 is 0. The Morgan fingerprint density at radius 3 is 2.77 bits per heavy atom. The maximum atomic E-state index is 11.7. The van der Waals surface area contributed by atoms with Crippen molar-refractivity contribution in [3.8, 4) is 0 Å². The first-order valence-electron chi connectivity index (χ1n) is 5.40. The van der Waals surface area contributed by atoms with Gasteiger partial charge in [0.15, 0.2) is 0 Å². The van der Waals surface area contributed by atoms with Crippen LogP contribution < -0.4 is 5.32 Å². The van der Waals surface area contributed by atoms with Crippen molar-refractivity contribution in [2.45, 2.75) is 52.0 Å². The van der Waals surface area contributed by atoms with E-state index in [-0.39, 0.29) is 11.3 Å². The molecule has 1 heterocycles. The zero-order chi connectivity index (χ0) is 9.47. The Labute approximate surface area is 80.1 Å². The van der Waals surface area contributed by atoms with E-state index in [2.05, 4.69) is 19.2 Å². The Bertz CT molecular complexity index is 222. The number of amides is 1. The fourth-order valence-electron chi connectivity index (χ4n) is 2.75. The Kier molecular flexibility index (Phi) is 2.09. The predicted molar refractivity (Wildman–Crippen MR) is 52.3 cm³/mol. The highest BCUT2D eigenvalue weighted by Crippen LogP contribution is 2.38. The molecule has 74 valence electrons. The Morgan fingerprint density at radius 1 is 1.31 bits per heavy atom. The third kappa shape index (κ3) is 1.59. The topological polar surface area (TPSA) is 29.1 Å². The van der Waals surface area contributed by atoms with Crippen molar-refractivity contribution in [2.24, 2.45) is 11.3 Å². The molecule has 0 spiro atoms. The second kappa shape index (κ2) is 3.00. The van der Waals surface area contributed by atoms with Crippen LogP contribution >= 0.6 is 0 Å². The van der Waals surface area contributed by atoms with Gasteiger partial charge in [0.1, 0.15) is 0 Å². The van der Waals surface area contributed by atoms with Crippen molar-refractivity contribution in [3.05, 3.63) is 0 Å². The largest absolute Gasteiger partial charge is 0.353 e. The predicted octanol–water partition coefficient (Wildman–Crippen LogP) is 2.09. The monoisotopic (exact) mass is 181 g/mol. The van der Waals surface area contributed by atoms with Crippen LogP contribution in [0.4, 0.5) is 0 Å². The van der Waals surface area contributed by atoms with Crippen LogP contribution in [0.2, 0.25) is 0 Å². The minimum absolute atomic E-state index is 0.126. The van der Waals surface area contributed by atoms with E-state index in [9.17, 15) is 4.79 Å². The van der Waals surface area contributed by atoms with Crippen LogP contribution in [0.15, 0.2) is 0 Å². The van der Waals surface area contributed by atoms with E-state index in [0.29, 0.717) is 6.04 Å². The van der Waals surface area contributed by atoms with Gasteiger partial charge in [-0.25, -0.2) is 0 Å². The molecule has 2 heteroatoms. The zero-order valence-electron chi connectivity index (χ0n) is 8.60. The summed E-state index contributed by atoms with van der Waals surface area (Å²) in [6.07, 6.45) is 6.25. The zero-order valence-corrected chi connectivity index (χ0v) is 8.60. The summed E-state index contributed by atoms with van der Waals surface area (Å²) in [7, 11) is 0. The Morgan fingerprint density at radius 2 is 2.00 bits per heavy atom. The van der Waals surface area contributed by atoms with Gasteiger partial charge in [-0.05, 0) is 25.2 Å². The molecule has 2 aliphatic rings. The van der Waals surface area contributed by atoms with Crippen molar-refractivity contribution in [2.75, 3.05) is 0 Å². The van der Waals surface area contributed by atoms with Crippen molar-refractivity contribution in [1.82, 2.24) is 5.32 Å². The molecule has 2 rings (SSSR count). The molecule has 2 nitrogen and oxygen atoms in total. The van der Waals surface area contributed by atoms with E-state index in [1.54, 1.807) is 0 Å². The van der Waals surface area contributed by atoms with Gasteiger partial charge in [-0.2, -0.15) is 0 Å². The van der Waals surface area contributed by atoms with Gasteiger partial charge in [-0.15, -0.1) is 0 Å². The van der Waals surface area contributed by atoms with Crippen LogP contribution in [0.3, 0.4) is 0 Å². The van der Waals surface area contributed by atoms with Crippen LogP contribution in [0.5, 0.6) is 0 Å². The van der Waals surface area contributed by atoms with Gasteiger partial charge in [-0.3, -0.25) is 4.79 Å².